The van der Waals surface area contributed by atoms with E-state index in [2.05, 4.69) is 32.6 Å². The molecule has 1 unspecified atom stereocenters. The molecular weight excluding hydrogens is 352 g/mol. The van der Waals surface area contributed by atoms with Gasteiger partial charge in [-0.05, 0) is 37.1 Å². The van der Waals surface area contributed by atoms with Gasteiger partial charge >= 0.3 is 0 Å². The third-order valence-electron chi connectivity index (χ3n) is 4.61. The highest BCUT2D eigenvalue weighted by Crippen LogP contribution is 2.29. The molecule has 0 aliphatic carbocycles. The Kier molecular flexibility index (Phi) is 4.89. The number of carbonyl (C=O) groups is 1. The van der Waals surface area contributed by atoms with E-state index in [1.807, 2.05) is 50.4 Å². The predicted octanol–water partition coefficient (Wildman–Crippen LogP) is 2.81. The Morgan fingerprint density at radius 2 is 1.96 bits per heavy atom. The molecule has 4 aromatic rings. The lowest BCUT2D eigenvalue weighted by Gasteiger charge is -2.14. The molecule has 0 radical (unpaired) electrons. The summed E-state index contributed by atoms with van der Waals surface area (Å²) < 4.78 is 3.47. The molecule has 142 valence electrons. The summed E-state index contributed by atoms with van der Waals surface area (Å²) in [6, 6.07) is 14.0. The van der Waals surface area contributed by atoms with Crippen LogP contribution in [-0.4, -0.2) is 36.5 Å². The molecule has 0 aliphatic rings. The van der Waals surface area contributed by atoms with Crippen molar-refractivity contribution in [1.29, 1.82) is 0 Å². The zero-order valence-electron chi connectivity index (χ0n) is 15.9. The smallest absolute Gasteiger partial charge is 0.242 e. The van der Waals surface area contributed by atoms with Gasteiger partial charge in [-0.3, -0.25) is 9.48 Å². The quantitative estimate of drug-likeness (QED) is 0.563. The molecule has 1 N–H and O–H groups in total. The second-order valence-corrected chi connectivity index (χ2v) is 6.86. The number of aryl methyl sites for hydroxylation is 1. The van der Waals surface area contributed by atoms with Crippen molar-refractivity contribution in [2.24, 2.45) is 0 Å². The predicted molar refractivity (Wildman–Crippen MR) is 108 cm³/mol. The zero-order valence-corrected chi connectivity index (χ0v) is 15.9. The van der Waals surface area contributed by atoms with E-state index in [9.17, 15) is 4.79 Å². The van der Waals surface area contributed by atoms with Gasteiger partial charge in [0.25, 0.3) is 0 Å². The third-order valence-corrected chi connectivity index (χ3v) is 4.61. The third kappa shape index (κ3) is 3.64. The summed E-state index contributed by atoms with van der Waals surface area (Å²) in [4.78, 5) is 17.0. The fourth-order valence-electron chi connectivity index (χ4n) is 3.44. The number of aromatic nitrogens is 5. The Labute approximate surface area is 163 Å². The zero-order chi connectivity index (χ0) is 19.5. The fraction of sp³-hybridized carbons (Fsp3) is 0.238. The first-order valence-corrected chi connectivity index (χ1v) is 9.26. The summed E-state index contributed by atoms with van der Waals surface area (Å²) in [6.07, 6.45) is 5.37. The van der Waals surface area contributed by atoms with Crippen molar-refractivity contribution in [2.45, 2.75) is 33.0 Å². The van der Waals surface area contributed by atoms with E-state index >= 15 is 0 Å². The van der Waals surface area contributed by atoms with Crippen LogP contribution in [0.4, 0.5) is 0 Å². The molecule has 1 aromatic carbocycles. The van der Waals surface area contributed by atoms with Crippen LogP contribution >= 0.6 is 0 Å². The molecule has 1 atom stereocenters. The minimum atomic E-state index is -0.101. The number of benzene rings is 1. The summed E-state index contributed by atoms with van der Waals surface area (Å²) in [7, 11) is 0. The number of carbonyl (C=O) groups excluding carboxylic acids is 1. The maximum Gasteiger partial charge on any atom is 0.242 e. The molecule has 1 amide bonds. The van der Waals surface area contributed by atoms with Crippen molar-refractivity contribution in [2.75, 3.05) is 0 Å². The maximum absolute atomic E-state index is 12.5. The molecule has 0 saturated heterocycles. The first-order chi connectivity index (χ1) is 13.6. The van der Waals surface area contributed by atoms with Crippen molar-refractivity contribution < 1.29 is 4.79 Å². The lowest BCUT2D eigenvalue weighted by atomic mass is 10.0. The summed E-state index contributed by atoms with van der Waals surface area (Å²) in [5.74, 6) is -0.101. The molecule has 0 aliphatic heterocycles. The van der Waals surface area contributed by atoms with Gasteiger partial charge in [0, 0.05) is 30.0 Å². The Morgan fingerprint density at radius 1 is 1.14 bits per heavy atom. The van der Waals surface area contributed by atoms with Gasteiger partial charge in [0.2, 0.25) is 5.91 Å². The lowest BCUT2D eigenvalue weighted by molar-refractivity contribution is -0.122. The first kappa shape index (κ1) is 17.9. The fourth-order valence-corrected chi connectivity index (χ4v) is 3.44. The van der Waals surface area contributed by atoms with Gasteiger partial charge in [-0.2, -0.15) is 10.2 Å². The number of nitrogens with one attached hydrogen (secondary N) is 1. The van der Waals surface area contributed by atoms with Crippen molar-refractivity contribution in [3.05, 3.63) is 66.7 Å². The lowest BCUT2D eigenvalue weighted by Crippen LogP contribution is -2.38. The van der Waals surface area contributed by atoms with Crippen LogP contribution in [0.3, 0.4) is 0 Å². The molecule has 0 spiro atoms. The molecule has 7 heteroatoms. The van der Waals surface area contributed by atoms with Gasteiger partial charge in [-0.25, -0.2) is 9.67 Å². The minimum Gasteiger partial charge on any atom is -0.350 e. The number of rotatable bonds is 6. The van der Waals surface area contributed by atoms with Crippen LogP contribution in [0.5, 0.6) is 0 Å². The van der Waals surface area contributed by atoms with Crippen molar-refractivity contribution in [3.8, 4) is 11.1 Å². The largest absolute Gasteiger partial charge is 0.350 e. The van der Waals surface area contributed by atoms with Gasteiger partial charge in [0.05, 0.1) is 12.2 Å². The van der Waals surface area contributed by atoms with Gasteiger partial charge in [-0.15, -0.1) is 0 Å². The Morgan fingerprint density at radius 3 is 2.71 bits per heavy atom. The number of pyridine rings is 1. The summed E-state index contributed by atoms with van der Waals surface area (Å²) in [6.45, 7) is 4.65. The van der Waals surface area contributed by atoms with Crippen molar-refractivity contribution >= 4 is 16.9 Å². The van der Waals surface area contributed by atoms with E-state index in [1.54, 1.807) is 21.8 Å². The van der Waals surface area contributed by atoms with E-state index in [4.69, 9.17) is 0 Å². The van der Waals surface area contributed by atoms with Crippen molar-refractivity contribution in [3.63, 3.8) is 0 Å². The average Bonchev–Trinajstić information content (AvgIpc) is 3.30. The second kappa shape index (κ2) is 7.64. The van der Waals surface area contributed by atoms with E-state index in [-0.39, 0.29) is 18.5 Å². The Balaban J connectivity index is 1.55. The molecule has 0 fully saturated rings. The van der Waals surface area contributed by atoms with Crippen LogP contribution in [0.25, 0.3) is 22.2 Å². The Bertz CT molecular complexity index is 1090. The number of amides is 1. The molecule has 7 nitrogen and oxygen atoms in total. The standard InChI is InChI=1S/C21H22N6O/c1-15(13-26-12-6-10-23-26)24-19(28)14-27-21-20(16(2)25-27)18(9-11-22-21)17-7-4-3-5-8-17/h3-12,15H,13-14H2,1-2H3,(H,24,28). The number of nitrogens with zero attached hydrogens (tertiary/aromatic N) is 5. The highest BCUT2D eigenvalue weighted by atomic mass is 16.2. The van der Waals surface area contributed by atoms with Gasteiger partial charge < -0.3 is 5.32 Å². The summed E-state index contributed by atoms with van der Waals surface area (Å²) in [5.41, 5.74) is 3.75. The van der Waals surface area contributed by atoms with E-state index < -0.39 is 0 Å². The van der Waals surface area contributed by atoms with Crippen LogP contribution in [0.1, 0.15) is 12.6 Å². The van der Waals surface area contributed by atoms with E-state index in [1.165, 1.54) is 0 Å². The topological polar surface area (TPSA) is 77.6 Å². The van der Waals surface area contributed by atoms with Crippen LogP contribution in [0.2, 0.25) is 0 Å². The van der Waals surface area contributed by atoms with Crippen LogP contribution in [-0.2, 0) is 17.9 Å². The van der Waals surface area contributed by atoms with E-state index in [0.717, 1.165) is 22.2 Å². The van der Waals surface area contributed by atoms with Crippen LogP contribution in [0, 0.1) is 6.92 Å². The summed E-state index contributed by atoms with van der Waals surface area (Å²) >= 11 is 0. The number of fused-ring (bicyclic) bond motifs is 1. The molecule has 28 heavy (non-hydrogen) atoms. The molecule has 4 rings (SSSR count). The highest BCUT2D eigenvalue weighted by Gasteiger charge is 2.16. The minimum absolute atomic E-state index is 0.0387. The first-order valence-electron chi connectivity index (χ1n) is 9.26. The van der Waals surface area contributed by atoms with E-state index in [0.29, 0.717) is 12.2 Å². The number of hydrogen-bond acceptors (Lipinski definition) is 4. The number of hydrogen-bond donors (Lipinski definition) is 1. The van der Waals surface area contributed by atoms with Crippen molar-refractivity contribution in [1.82, 2.24) is 29.9 Å². The second-order valence-electron chi connectivity index (χ2n) is 6.86. The van der Waals surface area contributed by atoms with Crippen LogP contribution in [0.15, 0.2) is 61.1 Å². The molecule has 0 bridgehead atoms. The van der Waals surface area contributed by atoms with Gasteiger partial charge in [-0.1, -0.05) is 30.3 Å². The average molecular weight is 374 g/mol. The molecule has 3 heterocycles. The van der Waals surface area contributed by atoms with Gasteiger partial charge in [0.1, 0.15) is 6.54 Å². The highest BCUT2D eigenvalue weighted by molar-refractivity contribution is 5.95. The molecule has 3 aromatic heterocycles. The SMILES string of the molecule is Cc1nn(CC(=O)NC(C)Cn2cccn2)c2nccc(-c3ccccc3)c12. The molecular formula is C21H22N6O. The van der Waals surface area contributed by atoms with Gasteiger partial charge in [0.15, 0.2) is 5.65 Å². The normalized spacial score (nSPS) is 12.2. The summed E-state index contributed by atoms with van der Waals surface area (Å²) in [5, 5.41) is 12.7. The van der Waals surface area contributed by atoms with Crippen LogP contribution < -0.4 is 5.32 Å². The monoisotopic (exact) mass is 374 g/mol. The maximum atomic E-state index is 12.5. The molecule has 0 saturated carbocycles. The Hall–Kier alpha value is -3.48.